The minimum atomic E-state index is 0.00577. The number of piperidine rings is 1. The molecule has 27 heavy (non-hydrogen) atoms. The van der Waals surface area contributed by atoms with Crippen LogP contribution in [-0.2, 0) is 6.54 Å². The van der Waals surface area contributed by atoms with E-state index in [1.165, 1.54) is 0 Å². The third kappa shape index (κ3) is 3.89. The zero-order chi connectivity index (χ0) is 18.6. The van der Waals surface area contributed by atoms with Gasteiger partial charge in [0.2, 0.25) is 0 Å². The molecule has 1 aliphatic rings. The summed E-state index contributed by atoms with van der Waals surface area (Å²) in [6.07, 6.45) is 7.64. The van der Waals surface area contributed by atoms with E-state index in [9.17, 15) is 4.79 Å². The first-order valence-corrected chi connectivity index (χ1v) is 9.34. The number of carbonyl (C=O) groups excluding carboxylic acids is 1. The van der Waals surface area contributed by atoms with Crippen LogP contribution < -0.4 is 0 Å². The van der Waals surface area contributed by atoms with Crippen molar-refractivity contribution in [2.75, 3.05) is 13.1 Å². The van der Waals surface area contributed by atoms with Crippen LogP contribution in [-0.4, -0.2) is 43.4 Å². The second-order valence-electron chi connectivity index (χ2n) is 6.99. The first-order chi connectivity index (χ1) is 13.2. The van der Waals surface area contributed by atoms with Crippen LogP contribution in [0.1, 0.15) is 46.5 Å². The van der Waals surface area contributed by atoms with Crippen LogP contribution in [0.5, 0.6) is 0 Å². The molecule has 6 heteroatoms. The van der Waals surface area contributed by atoms with Gasteiger partial charge in [-0.05, 0) is 44.0 Å². The molecular weight excluding hydrogens is 338 g/mol. The van der Waals surface area contributed by atoms with E-state index in [0.29, 0.717) is 18.8 Å². The molecule has 6 nitrogen and oxygen atoms in total. The highest BCUT2D eigenvalue weighted by Crippen LogP contribution is 2.27. The number of pyridine rings is 2. The van der Waals surface area contributed by atoms with E-state index in [1.807, 2.05) is 60.7 Å². The number of aromatic nitrogens is 4. The number of imidazole rings is 1. The molecular formula is C21H23N5O. The van der Waals surface area contributed by atoms with Crippen LogP contribution in [0, 0.1) is 6.92 Å². The Morgan fingerprint density at radius 1 is 1.15 bits per heavy atom. The maximum absolute atomic E-state index is 12.9. The zero-order valence-electron chi connectivity index (χ0n) is 15.5. The number of carbonyl (C=O) groups is 1. The summed E-state index contributed by atoms with van der Waals surface area (Å²) in [4.78, 5) is 28.2. The summed E-state index contributed by atoms with van der Waals surface area (Å²) in [7, 11) is 0. The smallest absolute Gasteiger partial charge is 0.272 e. The van der Waals surface area contributed by atoms with E-state index in [-0.39, 0.29) is 11.8 Å². The lowest BCUT2D eigenvalue weighted by Gasteiger charge is -2.32. The van der Waals surface area contributed by atoms with E-state index in [2.05, 4.69) is 19.5 Å². The van der Waals surface area contributed by atoms with Crippen molar-refractivity contribution in [1.82, 2.24) is 24.4 Å². The largest absolute Gasteiger partial charge is 0.337 e. The number of rotatable bonds is 4. The maximum Gasteiger partial charge on any atom is 0.272 e. The SMILES string of the molecule is Cc1cccc(C(=O)N2CCC[C@@H](c3nccn3Cc3ccccn3)C2)n1. The Bertz CT molecular complexity index is 921. The number of hydrogen-bond donors (Lipinski definition) is 0. The second kappa shape index (κ2) is 7.70. The highest BCUT2D eigenvalue weighted by atomic mass is 16.2. The van der Waals surface area contributed by atoms with Gasteiger partial charge in [-0.3, -0.25) is 9.78 Å². The Hall–Kier alpha value is -3.02. The fourth-order valence-corrected chi connectivity index (χ4v) is 3.68. The summed E-state index contributed by atoms with van der Waals surface area (Å²) < 4.78 is 2.14. The second-order valence-corrected chi connectivity index (χ2v) is 6.99. The number of likely N-dealkylation sites (tertiary alicyclic amines) is 1. The Balaban J connectivity index is 1.51. The summed E-state index contributed by atoms with van der Waals surface area (Å²) >= 11 is 0. The Morgan fingerprint density at radius 3 is 2.89 bits per heavy atom. The Morgan fingerprint density at radius 2 is 2.07 bits per heavy atom. The van der Waals surface area contributed by atoms with Gasteiger partial charge in [0, 0.05) is 43.3 Å². The molecule has 0 unspecified atom stereocenters. The molecule has 3 aromatic rings. The Labute approximate surface area is 158 Å². The molecule has 1 amide bonds. The first kappa shape index (κ1) is 17.4. The third-order valence-corrected chi connectivity index (χ3v) is 4.99. The van der Waals surface area contributed by atoms with Crippen molar-refractivity contribution in [1.29, 1.82) is 0 Å². The van der Waals surface area contributed by atoms with Crippen molar-refractivity contribution in [2.24, 2.45) is 0 Å². The summed E-state index contributed by atoms with van der Waals surface area (Å²) in [5, 5.41) is 0. The minimum Gasteiger partial charge on any atom is -0.337 e. The summed E-state index contributed by atoms with van der Waals surface area (Å²) in [5.41, 5.74) is 2.39. The van der Waals surface area contributed by atoms with E-state index < -0.39 is 0 Å². The van der Waals surface area contributed by atoms with E-state index in [0.717, 1.165) is 36.6 Å². The summed E-state index contributed by atoms with van der Waals surface area (Å²) in [5.74, 6) is 1.26. The number of aryl methyl sites for hydroxylation is 1. The third-order valence-electron chi connectivity index (χ3n) is 4.99. The molecule has 0 saturated carbocycles. The topological polar surface area (TPSA) is 63.9 Å². The van der Waals surface area contributed by atoms with Gasteiger partial charge in [0.05, 0.1) is 12.2 Å². The lowest BCUT2D eigenvalue weighted by molar-refractivity contribution is 0.0697. The fraction of sp³-hybridized carbons (Fsp3) is 0.333. The van der Waals surface area contributed by atoms with Gasteiger partial charge < -0.3 is 9.47 Å². The van der Waals surface area contributed by atoms with Crippen molar-refractivity contribution < 1.29 is 4.79 Å². The normalized spacial score (nSPS) is 17.1. The van der Waals surface area contributed by atoms with Crippen LogP contribution in [0.4, 0.5) is 0 Å². The molecule has 1 saturated heterocycles. The molecule has 0 radical (unpaired) electrons. The van der Waals surface area contributed by atoms with Crippen LogP contribution in [0.15, 0.2) is 55.0 Å². The molecule has 1 aliphatic heterocycles. The molecule has 0 aromatic carbocycles. The van der Waals surface area contributed by atoms with Gasteiger partial charge in [0.25, 0.3) is 5.91 Å². The van der Waals surface area contributed by atoms with Crippen molar-refractivity contribution >= 4 is 5.91 Å². The van der Waals surface area contributed by atoms with Crippen molar-refractivity contribution in [3.63, 3.8) is 0 Å². The van der Waals surface area contributed by atoms with Crippen LogP contribution >= 0.6 is 0 Å². The average Bonchev–Trinajstić information content (AvgIpc) is 3.16. The molecule has 3 aromatic heterocycles. The molecule has 1 fully saturated rings. The highest BCUT2D eigenvalue weighted by Gasteiger charge is 2.28. The van der Waals surface area contributed by atoms with Gasteiger partial charge in [-0.2, -0.15) is 0 Å². The van der Waals surface area contributed by atoms with Crippen molar-refractivity contribution in [3.05, 3.63) is 77.9 Å². The van der Waals surface area contributed by atoms with Crippen molar-refractivity contribution in [2.45, 2.75) is 32.2 Å². The highest BCUT2D eigenvalue weighted by molar-refractivity contribution is 5.92. The average molecular weight is 361 g/mol. The number of amides is 1. The lowest BCUT2D eigenvalue weighted by Crippen LogP contribution is -2.40. The van der Waals surface area contributed by atoms with E-state index >= 15 is 0 Å². The molecule has 0 aliphatic carbocycles. The molecule has 0 spiro atoms. The predicted octanol–water partition coefficient (Wildman–Crippen LogP) is 3.05. The molecule has 0 bridgehead atoms. The van der Waals surface area contributed by atoms with Gasteiger partial charge in [-0.1, -0.05) is 12.1 Å². The minimum absolute atomic E-state index is 0.00577. The van der Waals surface area contributed by atoms with Gasteiger partial charge in [-0.25, -0.2) is 9.97 Å². The number of nitrogens with zero attached hydrogens (tertiary/aromatic N) is 5. The van der Waals surface area contributed by atoms with Gasteiger partial charge >= 0.3 is 0 Å². The maximum atomic E-state index is 12.9. The molecule has 138 valence electrons. The zero-order valence-corrected chi connectivity index (χ0v) is 15.5. The van der Waals surface area contributed by atoms with Crippen LogP contribution in [0.25, 0.3) is 0 Å². The van der Waals surface area contributed by atoms with Crippen LogP contribution in [0.3, 0.4) is 0 Å². The quantitative estimate of drug-likeness (QED) is 0.716. The monoisotopic (exact) mass is 361 g/mol. The molecule has 0 N–H and O–H groups in total. The first-order valence-electron chi connectivity index (χ1n) is 9.34. The molecule has 4 heterocycles. The number of hydrogen-bond acceptors (Lipinski definition) is 4. The van der Waals surface area contributed by atoms with Gasteiger partial charge in [-0.15, -0.1) is 0 Å². The van der Waals surface area contributed by atoms with Crippen LogP contribution in [0.2, 0.25) is 0 Å². The van der Waals surface area contributed by atoms with Gasteiger partial charge in [0.1, 0.15) is 11.5 Å². The molecule has 4 rings (SSSR count). The Kier molecular flexibility index (Phi) is 4.96. The fourth-order valence-electron chi connectivity index (χ4n) is 3.68. The summed E-state index contributed by atoms with van der Waals surface area (Å²) in [6, 6.07) is 11.5. The molecule has 1 atom stereocenters. The predicted molar refractivity (Wildman–Crippen MR) is 102 cm³/mol. The standard InChI is InChI=1S/C21H23N5O/c1-16-6-4-9-19(24-16)21(27)26-12-5-7-17(14-26)20-23-11-13-25(20)15-18-8-2-3-10-22-18/h2-4,6,8-11,13,17H,5,7,12,14-15H2,1H3/t17-/m1/s1. The summed E-state index contributed by atoms with van der Waals surface area (Å²) in [6.45, 7) is 4.05. The van der Waals surface area contributed by atoms with E-state index in [4.69, 9.17) is 0 Å². The van der Waals surface area contributed by atoms with Crippen molar-refractivity contribution in [3.8, 4) is 0 Å². The van der Waals surface area contributed by atoms with Gasteiger partial charge in [0.15, 0.2) is 0 Å². The van der Waals surface area contributed by atoms with E-state index in [1.54, 1.807) is 6.07 Å². The lowest BCUT2D eigenvalue weighted by atomic mass is 9.96.